The first-order valence-corrected chi connectivity index (χ1v) is 9.78. The summed E-state index contributed by atoms with van der Waals surface area (Å²) < 4.78 is 22.0. The molecule has 0 saturated heterocycles. The number of halogens is 1. The van der Waals surface area contributed by atoms with Crippen LogP contribution < -0.4 is 24.3 Å². The maximum absolute atomic E-state index is 12.6. The molecule has 0 aromatic heterocycles. The van der Waals surface area contributed by atoms with Crippen molar-refractivity contribution < 1.29 is 28.5 Å². The molecule has 0 spiro atoms. The van der Waals surface area contributed by atoms with Crippen LogP contribution in [0, 0.1) is 0 Å². The monoisotopic (exact) mass is 480 g/mol. The van der Waals surface area contributed by atoms with E-state index < -0.39 is 5.91 Å². The minimum atomic E-state index is -0.434. The highest BCUT2D eigenvalue weighted by Gasteiger charge is 2.18. The molecule has 2 rings (SSSR count). The van der Waals surface area contributed by atoms with Crippen LogP contribution >= 0.6 is 15.9 Å². The quantitative estimate of drug-likeness (QED) is 0.593. The molecule has 0 radical (unpaired) electrons. The van der Waals surface area contributed by atoms with Crippen LogP contribution in [0.2, 0.25) is 0 Å². The minimum absolute atomic E-state index is 0.164. The Morgan fingerprint density at radius 3 is 2.07 bits per heavy atom. The van der Waals surface area contributed by atoms with Crippen molar-refractivity contribution >= 4 is 27.7 Å². The topological polar surface area (TPSA) is 86.3 Å². The minimum Gasteiger partial charge on any atom is -0.496 e. The molecule has 0 aliphatic heterocycles. The summed E-state index contributed by atoms with van der Waals surface area (Å²) in [5, 5.41) is 2.62. The molecular formula is C21H25BrN2O6. The Hall–Kier alpha value is -2.94. The standard InChI is InChI=1S/C21H25BrN2O6/c1-24(12-14-8-15(22)6-7-16(14)27-2)19(25)11-23-21(26)13-9-17(28-3)20(30-5)18(10-13)29-4/h6-10H,11-12H2,1-5H3,(H,23,26). The van der Waals surface area contributed by atoms with Crippen LogP contribution in [0.5, 0.6) is 23.0 Å². The fourth-order valence-corrected chi connectivity index (χ4v) is 3.23. The van der Waals surface area contributed by atoms with Gasteiger partial charge in [0.2, 0.25) is 11.7 Å². The van der Waals surface area contributed by atoms with E-state index in [-0.39, 0.29) is 18.0 Å². The number of nitrogens with zero attached hydrogens (tertiary/aromatic N) is 1. The number of rotatable bonds is 9. The Bertz CT molecular complexity index is 893. The number of carbonyl (C=O) groups is 2. The average molecular weight is 481 g/mol. The van der Waals surface area contributed by atoms with E-state index in [9.17, 15) is 9.59 Å². The van der Waals surface area contributed by atoms with E-state index in [1.54, 1.807) is 14.2 Å². The Morgan fingerprint density at radius 1 is 0.933 bits per heavy atom. The third-order valence-corrected chi connectivity index (χ3v) is 4.90. The summed E-state index contributed by atoms with van der Waals surface area (Å²) in [6.07, 6.45) is 0. The molecule has 2 amide bonds. The van der Waals surface area contributed by atoms with Crippen LogP contribution in [0.25, 0.3) is 0 Å². The van der Waals surface area contributed by atoms with Gasteiger partial charge in [0.1, 0.15) is 5.75 Å². The zero-order chi connectivity index (χ0) is 22.3. The molecule has 2 aromatic carbocycles. The van der Waals surface area contributed by atoms with Crippen LogP contribution in [0.15, 0.2) is 34.8 Å². The molecule has 1 N–H and O–H groups in total. The van der Waals surface area contributed by atoms with Gasteiger partial charge in [0, 0.05) is 29.2 Å². The predicted molar refractivity (Wildman–Crippen MR) is 116 cm³/mol. The van der Waals surface area contributed by atoms with Gasteiger partial charge in [-0.2, -0.15) is 0 Å². The van der Waals surface area contributed by atoms with Gasteiger partial charge in [-0.1, -0.05) is 15.9 Å². The Balaban J connectivity index is 2.05. The Kier molecular flexibility index (Phi) is 8.35. The summed E-state index contributed by atoms with van der Waals surface area (Å²) in [5.41, 5.74) is 1.13. The van der Waals surface area contributed by atoms with Gasteiger partial charge in [0.25, 0.3) is 5.91 Å². The average Bonchev–Trinajstić information content (AvgIpc) is 2.76. The van der Waals surface area contributed by atoms with Crippen molar-refractivity contribution in [2.24, 2.45) is 0 Å². The predicted octanol–water partition coefficient (Wildman–Crippen LogP) is 2.87. The summed E-state index contributed by atoms with van der Waals surface area (Å²) in [5.74, 6) is 1.09. The highest BCUT2D eigenvalue weighted by atomic mass is 79.9. The van der Waals surface area contributed by atoms with E-state index in [0.29, 0.717) is 29.5 Å². The van der Waals surface area contributed by atoms with E-state index in [4.69, 9.17) is 18.9 Å². The number of likely N-dealkylation sites (N-methyl/N-ethyl adjacent to an activating group) is 1. The summed E-state index contributed by atoms with van der Waals surface area (Å²) in [7, 11) is 7.65. The first-order chi connectivity index (χ1) is 14.3. The smallest absolute Gasteiger partial charge is 0.251 e. The number of amides is 2. The van der Waals surface area contributed by atoms with Crippen LogP contribution in [0.4, 0.5) is 0 Å². The first-order valence-electron chi connectivity index (χ1n) is 8.99. The normalized spacial score (nSPS) is 10.2. The number of hydrogen-bond acceptors (Lipinski definition) is 6. The number of carbonyl (C=O) groups excluding carboxylic acids is 2. The fourth-order valence-electron chi connectivity index (χ4n) is 2.82. The van der Waals surface area contributed by atoms with Crippen molar-refractivity contribution in [3.05, 3.63) is 45.9 Å². The largest absolute Gasteiger partial charge is 0.496 e. The molecular weight excluding hydrogens is 456 g/mol. The van der Waals surface area contributed by atoms with Crippen LogP contribution in [0.1, 0.15) is 15.9 Å². The third kappa shape index (κ3) is 5.56. The molecule has 162 valence electrons. The lowest BCUT2D eigenvalue weighted by molar-refractivity contribution is -0.129. The van der Waals surface area contributed by atoms with Crippen molar-refractivity contribution in [3.8, 4) is 23.0 Å². The second-order valence-corrected chi connectivity index (χ2v) is 7.22. The molecule has 0 bridgehead atoms. The molecule has 30 heavy (non-hydrogen) atoms. The molecule has 0 aliphatic carbocycles. The van der Waals surface area contributed by atoms with Crippen molar-refractivity contribution in [1.82, 2.24) is 10.2 Å². The number of hydrogen-bond donors (Lipinski definition) is 1. The van der Waals surface area contributed by atoms with E-state index in [2.05, 4.69) is 21.2 Å². The first kappa shape index (κ1) is 23.3. The lowest BCUT2D eigenvalue weighted by Crippen LogP contribution is -2.37. The van der Waals surface area contributed by atoms with E-state index >= 15 is 0 Å². The van der Waals surface area contributed by atoms with Gasteiger partial charge in [-0.05, 0) is 30.3 Å². The number of nitrogens with one attached hydrogen (secondary N) is 1. The number of ether oxygens (including phenoxy) is 4. The molecule has 0 aliphatic rings. The summed E-state index contributed by atoms with van der Waals surface area (Å²) >= 11 is 3.42. The van der Waals surface area contributed by atoms with Crippen molar-refractivity contribution in [2.75, 3.05) is 42.0 Å². The lowest BCUT2D eigenvalue weighted by atomic mass is 10.1. The zero-order valence-corrected chi connectivity index (χ0v) is 19.2. The van der Waals surface area contributed by atoms with E-state index in [0.717, 1.165) is 10.0 Å². The van der Waals surface area contributed by atoms with Crippen LogP contribution in [-0.4, -0.2) is 58.7 Å². The van der Waals surface area contributed by atoms with Gasteiger partial charge in [0.15, 0.2) is 11.5 Å². The highest BCUT2D eigenvalue weighted by Crippen LogP contribution is 2.38. The van der Waals surface area contributed by atoms with Gasteiger partial charge < -0.3 is 29.2 Å². The number of benzene rings is 2. The number of methoxy groups -OCH3 is 4. The molecule has 0 fully saturated rings. The second-order valence-electron chi connectivity index (χ2n) is 6.30. The maximum Gasteiger partial charge on any atom is 0.251 e. The second kappa shape index (κ2) is 10.7. The van der Waals surface area contributed by atoms with Gasteiger partial charge in [-0.15, -0.1) is 0 Å². The van der Waals surface area contributed by atoms with Gasteiger partial charge in [-0.25, -0.2) is 0 Å². The summed E-state index contributed by atoms with van der Waals surface area (Å²) in [6.45, 7) is 0.170. The van der Waals surface area contributed by atoms with E-state index in [1.807, 2.05) is 18.2 Å². The molecule has 0 unspecified atom stereocenters. The van der Waals surface area contributed by atoms with Crippen LogP contribution in [0.3, 0.4) is 0 Å². The van der Waals surface area contributed by atoms with Crippen molar-refractivity contribution in [2.45, 2.75) is 6.54 Å². The molecule has 0 saturated carbocycles. The van der Waals surface area contributed by atoms with Crippen LogP contribution in [-0.2, 0) is 11.3 Å². The summed E-state index contributed by atoms with van der Waals surface area (Å²) in [4.78, 5) is 26.6. The maximum atomic E-state index is 12.6. The molecule has 8 nitrogen and oxygen atoms in total. The highest BCUT2D eigenvalue weighted by molar-refractivity contribution is 9.10. The summed E-state index contributed by atoms with van der Waals surface area (Å²) in [6, 6.07) is 8.62. The van der Waals surface area contributed by atoms with Crippen molar-refractivity contribution in [1.29, 1.82) is 0 Å². The van der Waals surface area contributed by atoms with Gasteiger partial charge in [0.05, 0.1) is 35.0 Å². The molecule has 0 heterocycles. The SMILES string of the molecule is COc1ccc(Br)cc1CN(C)C(=O)CNC(=O)c1cc(OC)c(OC)c(OC)c1. The Labute approximate surface area is 184 Å². The fraction of sp³-hybridized carbons (Fsp3) is 0.333. The Morgan fingerprint density at radius 2 is 1.53 bits per heavy atom. The van der Waals surface area contributed by atoms with E-state index in [1.165, 1.54) is 38.4 Å². The molecule has 2 aromatic rings. The van der Waals surface area contributed by atoms with Gasteiger partial charge >= 0.3 is 0 Å². The molecule has 9 heteroatoms. The molecule has 0 atom stereocenters. The third-order valence-electron chi connectivity index (χ3n) is 4.40. The van der Waals surface area contributed by atoms with Gasteiger partial charge in [-0.3, -0.25) is 9.59 Å². The lowest BCUT2D eigenvalue weighted by Gasteiger charge is -2.19. The zero-order valence-electron chi connectivity index (χ0n) is 17.6. The van der Waals surface area contributed by atoms with Crippen molar-refractivity contribution in [3.63, 3.8) is 0 Å².